The molecule has 0 N–H and O–H groups in total. The minimum atomic E-state index is 0.116. The fourth-order valence-electron chi connectivity index (χ4n) is 5.41. The highest BCUT2D eigenvalue weighted by atomic mass is 16.2. The third-order valence-corrected chi connectivity index (χ3v) is 7.50. The molecule has 0 saturated carbocycles. The highest BCUT2D eigenvalue weighted by Gasteiger charge is 2.29. The number of likely N-dealkylation sites (tertiary alicyclic amines) is 1. The number of carbonyl (C=O) groups excluding carboxylic acids is 1. The second-order valence-electron chi connectivity index (χ2n) is 9.77. The Morgan fingerprint density at radius 3 is 2.62 bits per heavy atom. The van der Waals surface area contributed by atoms with E-state index in [-0.39, 0.29) is 5.91 Å². The van der Waals surface area contributed by atoms with Crippen LogP contribution in [0.2, 0.25) is 0 Å². The third kappa shape index (κ3) is 4.41. The van der Waals surface area contributed by atoms with Crippen molar-refractivity contribution in [1.29, 1.82) is 0 Å². The van der Waals surface area contributed by atoms with E-state index in [1.807, 2.05) is 71.4 Å². The van der Waals surface area contributed by atoms with E-state index in [9.17, 15) is 4.79 Å². The first-order valence-electron chi connectivity index (χ1n) is 12.7. The zero-order chi connectivity index (χ0) is 25.4. The van der Waals surface area contributed by atoms with Gasteiger partial charge in [0.25, 0.3) is 5.91 Å². The number of nitrogens with zero attached hydrogens (tertiary/aromatic N) is 8. The van der Waals surface area contributed by atoms with Gasteiger partial charge in [-0.25, -0.2) is 9.67 Å². The summed E-state index contributed by atoms with van der Waals surface area (Å²) in [7, 11) is 0. The zero-order valence-electron chi connectivity index (χ0n) is 21.2. The van der Waals surface area contributed by atoms with Gasteiger partial charge in [-0.3, -0.25) is 9.78 Å². The van der Waals surface area contributed by atoms with Crippen LogP contribution in [0, 0.1) is 13.8 Å². The number of hydrogen-bond donors (Lipinski definition) is 0. The lowest BCUT2D eigenvalue weighted by atomic mass is 9.95. The van der Waals surface area contributed by atoms with E-state index in [0.717, 1.165) is 66.3 Å². The molecule has 6 rings (SSSR count). The Kier molecular flexibility index (Phi) is 6.04. The summed E-state index contributed by atoms with van der Waals surface area (Å²) in [6, 6.07) is 14.0. The number of benzene rings is 1. The Hall–Kier alpha value is -4.27. The molecule has 9 nitrogen and oxygen atoms in total. The van der Waals surface area contributed by atoms with Crippen LogP contribution in [-0.4, -0.2) is 58.0 Å². The molecule has 0 aliphatic carbocycles. The van der Waals surface area contributed by atoms with Crippen LogP contribution in [0.25, 0.3) is 11.0 Å². The monoisotopic (exact) mass is 494 g/mol. The van der Waals surface area contributed by atoms with Crippen molar-refractivity contribution in [3.05, 3.63) is 95.6 Å². The smallest absolute Gasteiger partial charge is 0.255 e. The molecule has 1 aliphatic rings. The molecule has 1 amide bonds. The van der Waals surface area contributed by atoms with Gasteiger partial charge >= 0.3 is 0 Å². The number of pyridine rings is 1. The van der Waals surface area contributed by atoms with Crippen molar-refractivity contribution in [2.45, 2.75) is 45.8 Å². The number of para-hydroxylation sites is 1. The number of amides is 1. The largest absolute Gasteiger partial charge is 0.344 e. The van der Waals surface area contributed by atoms with Crippen LogP contribution in [0.3, 0.4) is 0 Å². The van der Waals surface area contributed by atoms with Gasteiger partial charge in [0.1, 0.15) is 18.0 Å². The van der Waals surface area contributed by atoms with Gasteiger partial charge < -0.3 is 14.0 Å². The van der Waals surface area contributed by atoms with Gasteiger partial charge in [0.15, 0.2) is 0 Å². The Labute approximate surface area is 215 Å². The maximum Gasteiger partial charge on any atom is 0.255 e. The van der Waals surface area contributed by atoms with Gasteiger partial charge in [-0.15, -0.1) is 5.10 Å². The molecule has 5 aromatic rings. The number of rotatable bonds is 6. The maximum absolute atomic E-state index is 13.5. The molecule has 4 aromatic heterocycles. The fourth-order valence-corrected chi connectivity index (χ4v) is 5.41. The van der Waals surface area contributed by atoms with Gasteiger partial charge in [0, 0.05) is 61.7 Å². The van der Waals surface area contributed by atoms with E-state index in [1.54, 1.807) is 12.4 Å². The summed E-state index contributed by atoms with van der Waals surface area (Å²) >= 11 is 0. The summed E-state index contributed by atoms with van der Waals surface area (Å²) in [6.45, 7) is 6.85. The SMILES string of the molecule is Cc1cc(C(=O)N2CCC(c3nccn3Cn3nnc4ccccc43)CC2)c(C)n1Cc1ccncc1. The lowest BCUT2D eigenvalue weighted by molar-refractivity contribution is 0.0709. The maximum atomic E-state index is 13.5. The molecule has 1 fully saturated rings. The molecule has 1 aliphatic heterocycles. The number of imidazole rings is 1. The summed E-state index contributed by atoms with van der Waals surface area (Å²) in [5.74, 6) is 1.46. The molecule has 1 saturated heterocycles. The molecule has 0 radical (unpaired) electrons. The minimum Gasteiger partial charge on any atom is -0.344 e. The van der Waals surface area contributed by atoms with E-state index < -0.39 is 0 Å². The number of piperidine rings is 1. The molecule has 188 valence electrons. The highest BCUT2D eigenvalue weighted by molar-refractivity contribution is 5.95. The Morgan fingerprint density at radius 1 is 1.03 bits per heavy atom. The summed E-state index contributed by atoms with van der Waals surface area (Å²) < 4.78 is 6.26. The molecule has 37 heavy (non-hydrogen) atoms. The van der Waals surface area contributed by atoms with Crippen LogP contribution in [-0.2, 0) is 13.2 Å². The van der Waals surface area contributed by atoms with E-state index >= 15 is 0 Å². The molecule has 0 spiro atoms. The van der Waals surface area contributed by atoms with Gasteiger partial charge in [-0.05, 0) is 62.6 Å². The van der Waals surface area contributed by atoms with Crippen molar-refractivity contribution in [2.75, 3.05) is 13.1 Å². The lowest BCUT2D eigenvalue weighted by Gasteiger charge is -2.32. The van der Waals surface area contributed by atoms with Gasteiger partial charge in [-0.1, -0.05) is 17.3 Å². The molecular formula is C28H30N8O. The predicted molar refractivity (Wildman–Crippen MR) is 140 cm³/mol. The topological polar surface area (TPSA) is 86.7 Å². The standard InChI is InChI=1S/C28H30N8O/c1-20-17-24(21(2)35(20)18-22-7-11-29-12-8-22)28(37)33-14-9-23(10-15-33)27-30-13-16-34(27)19-36-26-6-4-3-5-25(26)31-32-36/h3-8,11-13,16-17,23H,9-10,14-15,18-19H2,1-2H3. The van der Waals surface area contributed by atoms with Crippen molar-refractivity contribution in [3.63, 3.8) is 0 Å². The second kappa shape index (κ2) is 9.65. The second-order valence-corrected chi connectivity index (χ2v) is 9.77. The minimum absolute atomic E-state index is 0.116. The average molecular weight is 495 g/mol. The van der Waals surface area contributed by atoms with Crippen LogP contribution in [0.5, 0.6) is 0 Å². The molecule has 1 aromatic carbocycles. The Balaban J connectivity index is 1.13. The van der Waals surface area contributed by atoms with Crippen molar-refractivity contribution in [3.8, 4) is 0 Å². The first-order valence-corrected chi connectivity index (χ1v) is 12.7. The first-order chi connectivity index (χ1) is 18.1. The number of carbonyl (C=O) groups is 1. The number of hydrogen-bond acceptors (Lipinski definition) is 5. The lowest BCUT2D eigenvalue weighted by Crippen LogP contribution is -2.38. The molecule has 0 bridgehead atoms. The van der Waals surface area contributed by atoms with Crippen molar-refractivity contribution in [1.82, 2.24) is 39.0 Å². The molecule has 9 heteroatoms. The average Bonchev–Trinajstić information content (AvgIpc) is 3.64. The number of aryl methyl sites for hydroxylation is 1. The highest BCUT2D eigenvalue weighted by Crippen LogP contribution is 2.29. The summed E-state index contributed by atoms with van der Waals surface area (Å²) in [5.41, 5.74) is 5.96. The van der Waals surface area contributed by atoms with Gasteiger partial charge in [0.05, 0.1) is 11.1 Å². The quantitative estimate of drug-likeness (QED) is 0.356. The molecular weight excluding hydrogens is 464 g/mol. The normalized spacial score (nSPS) is 14.5. The van der Waals surface area contributed by atoms with Crippen molar-refractivity contribution in [2.24, 2.45) is 0 Å². The van der Waals surface area contributed by atoms with Gasteiger partial charge in [0.2, 0.25) is 0 Å². The van der Waals surface area contributed by atoms with Crippen LogP contribution in [0.4, 0.5) is 0 Å². The number of fused-ring (bicyclic) bond motifs is 1. The predicted octanol–water partition coefficient (Wildman–Crippen LogP) is 4.02. The Bertz CT molecular complexity index is 1540. The zero-order valence-corrected chi connectivity index (χ0v) is 21.2. The molecule has 5 heterocycles. The van der Waals surface area contributed by atoms with Crippen molar-refractivity contribution >= 4 is 16.9 Å². The fraction of sp³-hybridized carbons (Fsp3) is 0.321. The van der Waals surface area contributed by atoms with E-state index in [4.69, 9.17) is 0 Å². The number of aromatic nitrogens is 7. The summed E-state index contributed by atoms with van der Waals surface area (Å²) in [6.07, 6.45) is 9.23. The van der Waals surface area contributed by atoms with E-state index in [0.29, 0.717) is 12.6 Å². The van der Waals surface area contributed by atoms with Crippen LogP contribution in [0.15, 0.2) is 67.3 Å². The Morgan fingerprint density at radius 2 is 1.81 bits per heavy atom. The molecule has 0 unspecified atom stereocenters. The van der Waals surface area contributed by atoms with E-state index in [1.165, 1.54) is 5.56 Å². The summed E-state index contributed by atoms with van der Waals surface area (Å²) in [4.78, 5) is 24.3. The van der Waals surface area contributed by atoms with Crippen LogP contribution in [0.1, 0.15) is 51.9 Å². The van der Waals surface area contributed by atoms with Crippen molar-refractivity contribution < 1.29 is 4.79 Å². The van der Waals surface area contributed by atoms with Crippen LogP contribution >= 0.6 is 0 Å². The summed E-state index contributed by atoms with van der Waals surface area (Å²) in [5, 5.41) is 8.60. The third-order valence-electron chi connectivity index (χ3n) is 7.50. The van der Waals surface area contributed by atoms with E-state index in [2.05, 4.69) is 36.3 Å². The molecule has 0 atom stereocenters. The van der Waals surface area contributed by atoms with Crippen LogP contribution < -0.4 is 0 Å². The van der Waals surface area contributed by atoms with Gasteiger partial charge in [-0.2, -0.15) is 0 Å². The first kappa shape index (κ1) is 23.1.